The molecule has 0 fully saturated rings. The highest BCUT2D eigenvalue weighted by atomic mass is 35.5. The van der Waals surface area contributed by atoms with E-state index in [9.17, 15) is 0 Å². The topological polar surface area (TPSA) is 0 Å². The smallest absolute Gasteiger partial charge is 0.151 e. The van der Waals surface area contributed by atoms with Gasteiger partial charge in [0.05, 0.1) is 0 Å². The van der Waals surface area contributed by atoms with E-state index >= 15 is 0 Å². The highest BCUT2D eigenvalue weighted by Gasteiger charge is 2.14. The van der Waals surface area contributed by atoms with Crippen LogP contribution in [-0.4, -0.2) is 29.2 Å². The van der Waals surface area contributed by atoms with Crippen molar-refractivity contribution in [2.75, 3.05) is 0 Å². The Morgan fingerprint density at radius 2 is 1.60 bits per heavy atom. The van der Waals surface area contributed by atoms with Gasteiger partial charge in [-0.1, -0.05) is 33.9 Å². The van der Waals surface area contributed by atoms with Gasteiger partial charge < -0.3 is 0 Å². The lowest BCUT2D eigenvalue weighted by atomic mass is 10.2. The summed E-state index contributed by atoms with van der Waals surface area (Å²) >= 11 is 0.264. The number of rotatable bonds is 2. The molecule has 60 valence electrons. The average Bonchev–Trinajstić information content (AvgIpc) is 1.59. The third-order valence-electron chi connectivity index (χ3n) is 1.47. The van der Waals surface area contributed by atoms with E-state index in [1.165, 1.54) is 0 Å². The minimum Gasteiger partial charge on any atom is -0.151 e. The maximum absolute atomic E-state index is 2.46. The maximum atomic E-state index is 2.46. The molecule has 0 aliphatic carbocycles. The highest BCUT2D eigenvalue weighted by Crippen LogP contribution is 2.21. The Kier molecular flexibility index (Phi) is 8.11. The molecule has 0 aliphatic rings. The second kappa shape index (κ2) is 5.86. The monoisotopic (exact) mass is 190 g/mol. The second-order valence-electron chi connectivity index (χ2n) is 4.49. The zero-order valence-electron chi connectivity index (χ0n) is 7.90. The van der Waals surface area contributed by atoms with Gasteiger partial charge in [0.1, 0.15) is 0 Å². The van der Waals surface area contributed by atoms with Crippen LogP contribution in [0.4, 0.5) is 0 Å². The number of halogens is 1. The summed E-state index contributed by atoms with van der Waals surface area (Å²) in [6.45, 7) is 12.1. The summed E-state index contributed by atoms with van der Waals surface area (Å²) in [5.41, 5.74) is 0. The summed E-state index contributed by atoms with van der Waals surface area (Å²) in [4.78, 5) is 0. The van der Waals surface area contributed by atoms with Gasteiger partial charge in [-0.05, 0) is 0 Å². The van der Waals surface area contributed by atoms with Gasteiger partial charge in [-0.25, -0.2) is 0 Å². The van der Waals surface area contributed by atoms with E-state index in [1.54, 1.807) is 4.17 Å². The van der Waals surface area contributed by atoms with E-state index in [0.29, 0.717) is 3.54 Å². The van der Waals surface area contributed by atoms with Crippen LogP contribution in [-0.2, 0) is 0 Å². The number of hydrogen-bond acceptors (Lipinski definition) is 0. The summed E-state index contributed by atoms with van der Waals surface area (Å²) in [5.74, 6) is 0. The van der Waals surface area contributed by atoms with Gasteiger partial charge in [0.25, 0.3) is 0 Å². The Morgan fingerprint density at radius 3 is 1.70 bits per heavy atom. The molecule has 3 heteroatoms. The Morgan fingerprint density at radius 1 is 1.20 bits per heavy atom. The molecule has 0 radical (unpaired) electrons. The van der Waals surface area contributed by atoms with Crippen LogP contribution in [0, 0.1) is 0 Å². The van der Waals surface area contributed by atoms with Gasteiger partial charge in [-0.2, -0.15) is 4.17 Å². The summed E-state index contributed by atoms with van der Waals surface area (Å²) in [5, 5.41) is 0. The second-order valence-corrected chi connectivity index (χ2v) is 12.2. The van der Waals surface area contributed by atoms with Gasteiger partial charge >= 0.3 is 20.4 Å². The summed E-state index contributed by atoms with van der Waals surface area (Å²) in [6.07, 6.45) is 0. The minimum atomic E-state index is -0.209. The van der Waals surface area contributed by atoms with Gasteiger partial charge in [0, 0.05) is 8.80 Å². The lowest BCUT2D eigenvalue weighted by Crippen LogP contribution is -2.14. The van der Waals surface area contributed by atoms with E-state index in [4.69, 9.17) is 0 Å². The molecule has 0 saturated heterocycles. The van der Waals surface area contributed by atoms with Crippen LogP contribution in [0.2, 0.25) is 20.8 Å². The minimum absolute atomic E-state index is 0. The van der Waals surface area contributed by atoms with E-state index < -0.39 is 0 Å². The molecule has 0 saturated carbocycles. The molecule has 0 aromatic heterocycles. The summed E-state index contributed by atoms with van der Waals surface area (Å²) in [6, 6.07) is 0. The molecular formula is C7H19ClMgSi. The lowest BCUT2D eigenvalue weighted by Gasteiger charge is -2.16. The fourth-order valence-corrected chi connectivity index (χ4v) is 6.50. The Bertz CT molecular complexity index is 78.2. The van der Waals surface area contributed by atoms with Crippen LogP contribution < -0.4 is 0 Å². The molecule has 10 heavy (non-hydrogen) atoms. The first-order chi connectivity index (χ1) is 3.92. The van der Waals surface area contributed by atoms with E-state index in [1.807, 2.05) is 0 Å². The molecule has 0 spiro atoms. The SMILES string of the molecule is C[SiH](C)[CH2][Mg][C](C)(C)C.Cl. The van der Waals surface area contributed by atoms with Crippen molar-refractivity contribution in [1.29, 1.82) is 0 Å². The normalized spacial score (nSPS) is 10.6. The van der Waals surface area contributed by atoms with E-state index in [0.717, 1.165) is 0 Å². The Balaban J connectivity index is 0. The third-order valence-corrected chi connectivity index (χ3v) is 8.75. The number of hydrogen-bond donors (Lipinski definition) is 0. The van der Waals surface area contributed by atoms with E-state index in [2.05, 4.69) is 33.9 Å². The molecule has 0 rings (SSSR count). The van der Waals surface area contributed by atoms with Crippen molar-refractivity contribution in [3.63, 3.8) is 0 Å². The third kappa shape index (κ3) is 12.0. The van der Waals surface area contributed by atoms with Crippen LogP contribution in [0.3, 0.4) is 0 Å². The van der Waals surface area contributed by atoms with E-state index in [-0.39, 0.29) is 41.6 Å². The van der Waals surface area contributed by atoms with Gasteiger partial charge in [0.2, 0.25) is 0 Å². The quantitative estimate of drug-likeness (QED) is 0.588. The molecule has 0 aromatic rings. The zero-order chi connectivity index (χ0) is 7.49. The van der Waals surface area contributed by atoms with Crippen LogP contribution >= 0.6 is 12.4 Å². The first-order valence-electron chi connectivity index (χ1n) is 3.92. The lowest BCUT2D eigenvalue weighted by molar-refractivity contribution is 0.754. The molecule has 0 heterocycles. The largest absolute Gasteiger partial charge is 0.368 e. The maximum Gasteiger partial charge on any atom is 0.368 e. The standard InChI is InChI=1S/C4H9.C3H9Si.ClH.Mg/c2*1-4(2)3;;/h1-3H3;4H,1H2,2-3H3;1H;. The van der Waals surface area contributed by atoms with Crippen molar-refractivity contribution in [3.8, 4) is 0 Å². The van der Waals surface area contributed by atoms with Crippen molar-refractivity contribution >= 4 is 41.6 Å². The Labute approximate surface area is 82.9 Å². The molecule has 0 amide bonds. The predicted octanol–water partition coefficient (Wildman–Crippen LogP) is 2.78. The molecule has 0 aliphatic heterocycles. The summed E-state index contributed by atoms with van der Waals surface area (Å²) in [7, 11) is -0.209. The molecule has 0 unspecified atom stereocenters. The highest BCUT2D eigenvalue weighted by molar-refractivity contribution is 6.68. The first-order valence-corrected chi connectivity index (χ1v) is 8.75. The van der Waals surface area contributed by atoms with Crippen molar-refractivity contribution in [2.45, 2.75) is 41.6 Å². The first kappa shape index (κ1) is 13.8. The van der Waals surface area contributed by atoms with Crippen LogP contribution in [0.5, 0.6) is 0 Å². The molecule has 0 nitrogen and oxygen atoms in total. The fraction of sp³-hybridized carbons (Fsp3) is 1.00. The van der Waals surface area contributed by atoms with Crippen LogP contribution in [0.25, 0.3) is 0 Å². The van der Waals surface area contributed by atoms with Crippen LogP contribution in [0.15, 0.2) is 0 Å². The predicted molar refractivity (Wildman–Crippen MR) is 56.4 cm³/mol. The molecule has 0 aromatic carbocycles. The van der Waals surface area contributed by atoms with Gasteiger partial charge in [-0.3, -0.25) is 0 Å². The molecule has 0 N–H and O–H groups in total. The average molecular weight is 191 g/mol. The van der Waals surface area contributed by atoms with Crippen LogP contribution in [0.1, 0.15) is 20.8 Å². The zero-order valence-corrected chi connectivity index (χ0v) is 11.3. The van der Waals surface area contributed by atoms with Crippen molar-refractivity contribution < 1.29 is 0 Å². The van der Waals surface area contributed by atoms with Gasteiger partial charge in [-0.15, -0.1) is 16.0 Å². The Hall–Kier alpha value is 1.27. The van der Waals surface area contributed by atoms with Crippen molar-refractivity contribution in [3.05, 3.63) is 0 Å². The molecule has 0 bridgehead atoms. The van der Waals surface area contributed by atoms with Gasteiger partial charge in [0.15, 0.2) is 0 Å². The molecule has 0 atom stereocenters. The fourth-order valence-electron chi connectivity index (χ4n) is 0.722. The van der Waals surface area contributed by atoms with Crippen molar-refractivity contribution in [1.82, 2.24) is 0 Å². The van der Waals surface area contributed by atoms with Crippen molar-refractivity contribution in [2.24, 2.45) is 0 Å². The summed E-state index contributed by atoms with van der Waals surface area (Å²) < 4.78 is 2.35. The molecular weight excluding hydrogens is 172 g/mol.